The van der Waals surface area contributed by atoms with Crippen molar-refractivity contribution in [2.45, 2.75) is 45.4 Å². The number of ether oxygens (including phenoxy) is 2. The highest BCUT2D eigenvalue weighted by molar-refractivity contribution is 6.01. The van der Waals surface area contributed by atoms with E-state index in [9.17, 15) is 19.5 Å². The molecule has 0 bridgehead atoms. The first kappa shape index (κ1) is 22.8. The highest BCUT2D eigenvalue weighted by atomic mass is 16.6. The first-order valence-electron chi connectivity index (χ1n) is 11.4. The minimum absolute atomic E-state index is 0.0817. The Morgan fingerprint density at radius 2 is 2.09 bits per heavy atom. The Hall–Kier alpha value is -3.98. The van der Waals surface area contributed by atoms with E-state index in [2.05, 4.69) is 4.74 Å². The highest BCUT2D eigenvalue weighted by Crippen LogP contribution is 2.41. The summed E-state index contributed by atoms with van der Waals surface area (Å²) in [4.78, 5) is 42.2. The van der Waals surface area contributed by atoms with Crippen molar-refractivity contribution in [3.8, 4) is 11.4 Å². The molecule has 3 N–H and O–H groups in total. The zero-order valence-electron chi connectivity index (χ0n) is 19.7. The number of rotatable bonds is 4. The number of methoxy groups -OCH3 is 1. The molecule has 2 aliphatic heterocycles. The summed E-state index contributed by atoms with van der Waals surface area (Å²) >= 11 is 0. The fraction of sp³-hybridized carbons (Fsp3) is 0.308. The van der Waals surface area contributed by atoms with Crippen LogP contribution in [0.3, 0.4) is 0 Å². The van der Waals surface area contributed by atoms with Crippen LogP contribution in [0.25, 0.3) is 28.4 Å². The number of aromatic nitrogens is 2. The van der Waals surface area contributed by atoms with E-state index >= 15 is 0 Å². The lowest BCUT2D eigenvalue weighted by atomic mass is 9.86. The third-order valence-corrected chi connectivity index (χ3v) is 7.00. The fourth-order valence-electron chi connectivity index (χ4n) is 5.07. The monoisotopic (exact) mass is 475 g/mol. The summed E-state index contributed by atoms with van der Waals surface area (Å²) in [5.74, 6) is -1.24. The maximum absolute atomic E-state index is 13.4. The van der Waals surface area contributed by atoms with Crippen LogP contribution in [0.4, 0.5) is 5.69 Å². The molecule has 0 unspecified atom stereocenters. The molecular formula is C26H25N3O6. The van der Waals surface area contributed by atoms with Crippen LogP contribution in [0.2, 0.25) is 0 Å². The number of nitrogens with two attached hydrogens (primary N) is 1. The maximum Gasteiger partial charge on any atom is 0.343 e. The van der Waals surface area contributed by atoms with Crippen molar-refractivity contribution in [2.24, 2.45) is 0 Å². The zero-order chi connectivity index (χ0) is 25.1. The minimum atomic E-state index is -1.87. The molecule has 0 saturated carbocycles. The Morgan fingerprint density at radius 3 is 2.77 bits per heavy atom. The number of carbonyl (C=O) groups excluding carboxylic acids is 2. The highest BCUT2D eigenvalue weighted by Gasteiger charge is 2.45. The largest absolute Gasteiger partial charge is 0.466 e. The SMILES string of the molecule is CCc1c2c(nc3ccc(C=CC(=O)OC)c(N)c13)-c1cc3c(c(=O)n1C2)COC(=O)[C@]3(O)CC. The Kier molecular flexibility index (Phi) is 5.25. The number of nitrogen functional groups attached to an aromatic ring is 1. The number of pyridine rings is 2. The normalized spacial score (nSPS) is 18.3. The second kappa shape index (κ2) is 8.06. The molecular weight excluding hydrogens is 450 g/mol. The number of esters is 2. The van der Waals surface area contributed by atoms with Gasteiger partial charge < -0.3 is 24.9 Å². The van der Waals surface area contributed by atoms with Crippen LogP contribution in [-0.2, 0) is 44.2 Å². The van der Waals surface area contributed by atoms with Crippen LogP contribution in [0.1, 0.15) is 48.1 Å². The van der Waals surface area contributed by atoms with E-state index in [-0.39, 0.29) is 29.7 Å². The molecule has 1 aromatic carbocycles. The van der Waals surface area contributed by atoms with Crippen LogP contribution in [0.5, 0.6) is 0 Å². The molecule has 2 aromatic heterocycles. The van der Waals surface area contributed by atoms with Gasteiger partial charge in [-0.3, -0.25) is 4.79 Å². The van der Waals surface area contributed by atoms with Gasteiger partial charge in [-0.2, -0.15) is 0 Å². The molecule has 2 aliphatic rings. The van der Waals surface area contributed by atoms with Gasteiger partial charge in [-0.15, -0.1) is 0 Å². The van der Waals surface area contributed by atoms with Gasteiger partial charge >= 0.3 is 11.9 Å². The number of nitrogens with zero attached hydrogens (tertiary/aromatic N) is 2. The molecule has 0 amide bonds. The molecule has 35 heavy (non-hydrogen) atoms. The van der Waals surface area contributed by atoms with Crippen LogP contribution in [0, 0.1) is 0 Å². The van der Waals surface area contributed by atoms with Gasteiger partial charge in [0.2, 0.25) is 0 Å². The topological polar surface area (TPSA) is 134 Å². The molecule has 0 aliphatic carbocycles. The van der Waals surface area contributed by atoms with E-state index in [0.717, 1.165) is 16.5 Å². The van der Waals surface area contributed by atoms with Crippen LogP contribution >= 0.6 is 0 Å². The van der Waals surface area contributed by atoms with E-state index in [1.807, 2.05) is 13.0 Å². The number of hydrogen-bond acceptors (Lipinski definition) is 8. The van der Waals surface area contributed by atoms with E-state index < -0.39 is 17.5 Å². The molecule has 9 nitrogen and oxygen atoms in total. The van der Waals surface area contributed by atoms with Gasteiger partial charge in [0.1, 0.15) is 6.61 Å². The van der Waals surface area contributed by atoms with Crippen molar-refractivity contribution in [1.29, 1.82) is 0 Å². The molecule has 0 radical (unpaired) electrons. The lowest BCUT2D eigenvalue weighted by Crippen LogP contribution is -2.44. The standard InChI is InChI=1S/C26H25N3O6/c1-4-14-15-11-29-19(10-17-16(24(29)31)12-35-25(32)26(17,33)5-2)23(15)28-18-8-6-13(22(27)21(14)18)7-9-20(30)34-3/h6-10,33H,4-5,11-12,27H2,1-3H3/t26-/m0/s1. The van der Waals surface area contributed by atoms with Crippen molar-refractivity contribution in [1.82, 2.24) is 9.55 Å². The van der Waals surface area contributed by atoms with E-state index in [4.69, 9.17) is 15.5 Å². The average Bonchev–Trinajstić information content (AvgIpc) is 3.23. The van der Waals surface area contributed by atoms with Crippen molar-refractivity contribution < 1.29 is 24.2 Å². The first-order valence-corrected chi connectivity index (χ1v) is 11.4. The van der Waals surface area contributed by atoms with Crippen LogP contribution < -0.4 is 11.3 Å². The van der Waals surface area contributed by atoms with Crippen molar-refractivity contribution in [3.63, 3.8) is 0 Å². The smallest absolute Gasteiger partial charge is 0.343 e. The summed E-state index contributed by atoms with van der Waals surface area (Å²) in [7, 11) is 1.31. The predicted octanol–water partition coefficient (Wildman–Crippen LogP) is 2.41. The maximum atomic E-state index is 13.4. The number of aryl methyl sites for hydroxylation is 1. The number of anilines is 1. The average molecular weight is 476 g/mol. The summed E-state index contributed by atoms with van der Waals surface area (Å²) in [6, 6.07) is 5.29. The van der Waals surface area contributed by atoms with Crippen molar-refractivity contribution in [2.75, 3.05) is 12.8 Å². The van der Waals surface area contributed by atoms with Crippen LogP contribution in [0.15, 0.2) is 29.1 Å². The zero-order valence-corrected chi connectivity index (χ0v) is 19.7. The van der Waals surface area contributed by atoms with Gasteiger partial charge in [-0.1, -0.05) is 19.9 Å². The molecule has 4 heterocycles. The van der Waals surface area contributed by atoms with Gasteiger partial charge in [0, 0.05) is 28.3 Å². The van der Waals surface area contributed by atoms with Gasteiger partial charge in [-0.05, 0) is 42.2 Å². The van der Waals surface area contributed by atoms with Crippen LogP contribution in [-0.4, -0.2) is 33.7 Å². The summed E-state index contributed by atoms with van der Waals surface area (Å²) < 4.78 is 11.4. The van der Waals surface area contributed by atoms with E-state index in [0.29, 0.717) is 41.1 Å². The number of hydrogen-bond donors (Lipinski definition) is 2. The van der Waals surface area contributed by atoms with Crippen molar-refractivity contribution >= 4 is 34.6 Å². The molecule has 3 aromatic rings. The molecule has 0 fully saturated rings. The van der Waals surface area contributed by atoms with Gasteiger partial charge in [0.15, 0.2) is 5.60 Å². The third-order valence-electron chi connectivity index (χ3n) is 7.00. The van der Waals surface area contributed by atoms with E-state index in [1.165, 1.54) is 13.2 Å². The second-order valence-electron chi connectivity index (χ2n) is 8.69. The summed E-state index contributed by atoms with van der Waals surface area (Å²) in [6.45, 7) is 3.80. The van der Waals surface area contributed by atoms with Gasteiger partial charge in [0.25, 0.3) is 5.56 Å². The Labute approximate surface area is 200 Å². The van der Waals surface area contributed by atoms with Gasteiger partial charge in [-0.25, -0.2) is 14.6 Å². The molecule has 9 heteroatoms. The molecule has 0 saturated heterocycles. The fourth-order valence-corrected chi connectivity index (χ4v) is 5.07. The summed E-state index contributed by atoms with van der Waals surface area (Å²) in [5.41, 5.74) is 9.69. The van der Waals surface area contributed by atoms with E-state index in [1.54, 1.807) is 29.7 Å². The lowest BCUT2D eigenvalue weighted by Gasteiger charge is -2.31. The number of carbonyl (C=O) groups is 2. The van der Waals surface area contributed by atoms with Crippen molar-refractivity contribution in [3.05, 3.63) is 62.4 Å². The molecule has 0 spiro atoms. The number of fused-ring (bicyclic) bond motifs is 5. The summed E-state index contributed by atoms with van der Waals surface area (Å²) in [6.07, 6.45) is 3.63. The lowest BCUT2D eigenvalue weighted by molar-refractivity contribution is -0.172. The first-order chi connectivity index (χ1) is 16.7. The van der Waals surface area contributed by atoms with Gasteiger partial charge in [0.05, 0.1) is 36.1 Å². The third kappa shape index (κ3) is 3.19. The number of aliphatic hydroxyl groups is 1. The second-order valence-corrected chi connectivity index (χ2v) is 8.69. The predicted molar refractivity (Wildman–Crippen MR) is 129 cm³/mol. The number of benzene rings is 1. The quantitative estimate of drug-likeness (QED) is 0.261. The summed E-state index contributed by atoms with van der Waals surface area (Å²) in [5, 5.41) is 11.8. The molecule has 1 atom stereocenters. The molecule has 5 rings (SSSR count). The number of cyclic esters (lactones) is 1. The Bertz CT molecular complexity index is 1520. The Morgan fingerprint density at radius 1 is 1.31 bits per heavy atom. The Balaban J connectivity index is 1.75. The molecule has 180 valence electrons. The minimum Gasteiger partial charge on any atom is -0.466 e.